The van der Waals surface area contributed by atoms with Crippen LogP contribution in [0, 0.1) is 13.8 Å². The van der Waals surface area contributed by atoms with Gasteiger partial charge in [-0.25, -0.2) is 0 Å². The van der Waals surface area contributed by atoms with Crippen LogP contribution in [0.15, 0.2) is 6.07 Å². The zero-order valence-corrected chi connectivity index (χ0v) is 13.4. The number of hydrogen-bond acceptors (Lipinski definition) is 2. The minimum absolute atomic E-state index is 0.164. The van der Waals surface area contributed by atoms with E-state index < -0.39 is 0 Å². The predicted octanol–water partition coefficient (Wildman–Crippen LogP) is 2.51. The molecule has 0 aliphatic carbocycles. The van der Waals surface area contributed by atoms with Crippen LogP contribution in [0.5, 0.6) is 0 Å². The number of aromatic nitrogens is 1. The largest absolute Gasteiger partial charge is 0.346 e. The average molecular weight is 277 g/mol. The van der Waals surface area contributed by atoms with Gasteiger partial charge in [0.1, 0.15) is 0 Å². The molecule has 0 aromatic carbocycles. The Morgan fingerprint density at radius 3 is 2.45 bits per heavy atom. The van der Waals surface area contributed by atoms with Gasteiger partial charge in [-0.15, -0.1) is 0 Å². The molecule has 0 radical (unpaired) electrons. The molecule has 1 amide bonds. The predicted molar refractivity (Wildman–Crippen MR) is 82.3 cm³/mol. The minimum atomic E-state index is 0.164. The smallest absolute Gasteiger partial charge is 0.255 e. The van der Waals surface area contributed by atoms with Gasteiger partial charge in [0.25, 0.3) is 5.91 Å². The van der Waals surface area contributed by atoms with Gasteiger partial charge in [0.05, 0.1) is 5.56 Å². The van der Waals surface area contributed by atoms with E-state index in [1.807, 2.05) is 18.0 Å². The third-order valence-electron chi connectivity index (χ3n) is 4.41. The summed E-state index contributed by atoms with van der Waals surface area (Å²) in [7, 11) is 1.94. The van der Waals surface area contributed by atoms with Crippen LogP contribution >= 0.6 is 0 Å². The van der Waals surface area contributed by atoms with Crippen molar-refractivity contribution in [1.29, 1.82) is 0 Å². The first-order chi connectivity index (χ1) is 9.43. The second-order valence-corrected chi connectivity index (χ2v) is 6.15. The second-order valence-electron chi connectivity index (χ2n) is 6.15. The minimum Gasteiger partial charge on any atom is -0.346 e. The van der Waals surface area contributed by atoms with E-state index in [-0.39, 0.29) is 5.91 Å². The molecule has 1 saturated heterocycles. The molecule has 4 nitrogen and oxygen atoms in total. The van der Waals surface area contributed by atoms with Crippen LogP contribution in [0.1, 0.15) is 54.5 Å². The summed E-state index contributed by atoms with van der Waals surface area (Å²) in [5.74, 6) is 0.164. The maximum atomic E-state index is 12.7. The van der Waals surface area contributed by atoms with Crippen LogP contribution in [-0.2, 0) is 0 Å². The lowest BCUT2D eigenvalue weighted by atomic mass is 10.0. The Morgan fingerprint density at radius 1 is 1.35 bits per heavy atom. The normalized spacial score (nSPS) is 16.7. The fourth-order valence-electron chi connectivity index (χ4n) is 3.34. The summed E-state index contributed by atoms with van der Waals surface area (Å²) in [4.78, 5) is 14.7. The number of piperidine rings is 1. The van der Waals surface area contributed by atoms with Gasteiger partial charge in [-0.3, -0.25) is 4.79 Å². The molecule has 1 aliphatic heterocycles. The van der Waals surface area contributed by atoms with Crippen LogP contribution in [0.4, 0.5) is 0 Å². The van der Waals surface area contributed by atoms with Crippen molar-refractivity contribution in [3.63, 3.8) is 0 Å². The van der Waals surface area contributed by atoms with Crippen molar-refractivity contribution in [2.75, 3.05) is 20.1 Å². The Labute approximate surface area is 122 Å². The van der Waals surface area contributed by atoms with Gasteiger partial charge in [0.2, 0.25) is 0 Å². The molecule has 0 atom stereocenters. The number of nitrogens with zero attached hydrogens (tertiary/aromatic N) is 2. The number of carbonyl (C=O) groups excluding carboxylic acids is 1. The molecule has 1 N–H and O–H groups in total. The Hall–Kier alpha value is -1.29. The van der Waals surface area contributed by atoms with Crippen LogP contribution in [0.3, 0.4) is 0 Å². The van der Waals surface area contributed by atoms with Crippen molar-refractivity contribution >= 4 is 5.91 Å². The number of nitrogens with one attached hydrogen (secondary N) is 1. The van der Waals surface area contributed by atoms with E-state index in [2.05, 4.69) is 37.6 Å². The monoisotopic (exact) mass is 277 g/mol. The van der Waals surface area contributed by atoms with E-state index in [4.69, 9.17) is 0 Å². The summed E-state index contributed by atoms with van der Waals surface area (Å²) < 4.78 is 2.24. The molecule has 2 heterocycles. The van der Waals surface area contributed by atoms with Gasteiger partial charge < -0.3 is 14.8 Å². The lowest BCUT2D eigenvalue weighted by molar-refractivity contribution is 0.0702. The molecular formula is C16H27N3O. The quantitative estimate of drug-likeness (QED) is 0.922. The standard InChI is InChI=1S/C16H27N3O/c1-11(2)19-12(3)10-15(13(19)4)16(20)18(5)14-6-8-17-9-7-14/h10-11,14,17H,6-9H2,1-5H3. The first-order valence-corrected chi connectivity index (χ1v) is 7.59. The SMILES string of the molecule is Cc1cc(C(=O)N(C)C2CCNCC2)c(C)n1C(C)C. The fourth-order valence-corrected chi connectivity index (χ4v) is 3.34. The Balaban J connectivity index is 2.22. The highest BCUT2D eigenvalue weighted by Crippen LogP contribution is 2.22. The molecule has 0 unspecified atom stereocenters. The first-order valence-electron chi connectivity index (χ1n) is 7.59. The van der Waals surface area contributed by atoms with Crippen LogP contribution in [-0.4, -0.2) is 41.6 Å². The van der Waals surface area contributed by atoms with E-state index in [1.54, 1.807) is 0 Å². The van der Waals surface area contributed by atoms with Crippen molar-refractivity contribution < 1.29 is 4.79 Å². The molecule has 2 rings (SSSR count). The van der Waals surface area contributed by atoms with E-state index >= 15 is 0 Å². The third kappa shape index (κ3) is 2.75. The van der Waals surface area contributed by atoms with Gasteiger partial charge in [-0.2, -0.15) is 0 Å². The molecule has 0 saturated carbocycles. The summed E-state index contributed by atoms with van der Waals surface area (Å²) in [5.41, 5.74) is 3.11. The van der Waals surface area contributed by atoms with Gasteiger partial charge in [0.15, 0.2) is 0 Å². The van der Waals surface area contributed by atoms with Crippen molar-refractivity contribution in [3.8, 4) is 0 Å². The average Bonchev–Trinajstić information content (AvgIpc) is 2.73. The highest BCUT2D eigenvalue weighted by atomic mass is 16.2. The maximum Gasteiger partial charge on any atom is 0.255 e. The molecule has 0 spiro atoms. The lowest BCUT2D eigenvalue weighted by Gasteiger charge is -2.31. The summed E-state index contributed by atoms with van der Waals surface area (Å²) in [6.07, 6.45) is 2.09. The van der Waals surface area contributed by atoms with E-state index in [0.717, 1.165) is 37.2 Å². The number of rotatable bonds is 3. The molecule has 1 aromatic rings. The summed E-state index contributed by atoms with van der Waals surface area (Å²) in [5, 5.41) is 3.35. The number of carbonyl (C=O) groups is 1. The van der Waals surface area contributed by atoms with Crippen LogP contribution < -0.4 is 5.32 Å². The highest BCUT2D eigenvalue weighted by Gasteiger charge is 2.25. The van der Waals surface area contributed by atoms with Crippen molar-refractivity contribution in [3.05, 3.63) is 23.0 Å². The molecular weight excluding hydrogens is 250 g/mol. The van der Waals surface area contributed by atoms with Gasteiger partial charge in [0, 0.05) is 30.5 Å². The maximum absolute atomic E-state index is 12.7. The number of aryl methyl sites for hydroxylation is 1. The van der Waals surface area contributed by atoms with Crippen molar-refractivity contribution in [2.45, 2.75) is 52.6 Å². The molecule has 1 aromatic heterocycles. The van der Waals surface area contributed by atoms with E-state index in [1.165, 1.54) is 5.69 Å². The first kappa shape index (κ1) is 15.1. The molecule has 20 heavy (non-hydrogen) atoms. The highest BCUT2D eigenvalue weighted by molar-refractivity contribution is 5.95. The van der Waals surface area contributed by atoms with E-state index in [9.17, 15) is 4.79 Å². The lowest BCUT2D eigenvalue weighted by Crippen LogP contribution is -2.44. The van der Waals surface area contributed by atoms with Gasteiger partial charge >= 0.3 is 0 Å². The topological polar surface area (TPSA) is 37.3 Å². The zero-order valence-electron chi connectivity index (χ0n) is 13.4. The van der Waals surface area contributed by atoms with Gasteiger partial charge in [-0.1, -0.05) is 0 Å². The van der Waals surface area contributed by atoms with Crippen molar-refractivity contribution in [1.82, 2.24) is 14.8 Å². The molecule has 0 bridgehead atoms. The summed E-state index contributed by atoms with van der Waals surface area (Å²) in [6.45, 7) is 10.5. The molecule has 4 heteroatoms. The molecule has 112 valence electrons. The zero-order chi connectivity index (χ0) is 14.9. The van der Waals surface area contributed by atoms with Crippen molar-refractivity contribution in [2.24, 2.45) is 0 Å². The van der Waals surface area contributed by atoms with Gasteiger partial charge in [-0.05, 0) is 59.7 Å². The second kappa shape index (κ2) is 6.00. The number of amides is 1. The third-order valence-corrected chi connectivity index (χ3v) is 4.41. The molecule has 1 fully saturated rings. The van der Waals surface area contributed by atoms with E-state index in [0.29, 0.717) is 12.1 Å². The Morgan fingerprint density at radius 2 is 1.95 bits per heavy atom. The summed E-state index contributed by atoms with van der Waals surface area (Å²) in [6, 6.07) is 2.79. The Kier molecular flexibility index (Phi) is 4.53. The summed E-state index contributed by atoms with van der Waals surface area (Å²) >= 11 is 0. The molecule has 1 aliphatic rings. The number of hydrogen-bond donors (Lipinski definition) is 1. The Bertz CT molecular complexity index is 484. The fraction of sp³-hybridized carbons (Fsp3) is 0.688. The van der Waals surface area contributed by atoms with Crippen LogP contribution in [0.2, 0.25) is 0 Å². The van der Waals surface area contributed by atoms with Crippen LogP contribution in [0.25, 0.3) is 0 Å².